The zero-order valence-corrected chi connectivity index (χ0v) is 18.2. The van der Waals surface area contributed by atoms with E-state index < -0.39 is 17.3 Å². The molecule has 0 saturated heterocycles. The van der Waals surface area contributed by atoms with E-state index in [0.29, 0.717) is 12.1 Å². The second kappa shape index (κ2) is 7.86. The van der Waals surface area contributed by atoms with E-state index in [-0.39, 0.29) is 19.2 Å². The fourth-order valence-corrected chi connectivity index (χ4v) is 5.42. The molecule has 6 heteroatoms. The van der Waals surface area contributed by atoms with Gasteiger partial charge in [-0.1, -0.05) is 36.4 Å². The topological polar surface area (TPSA) is 80.4 Å². The molecule has 3 aromatic rings. The Balaban J connectivity index is 1.77. The van der Waals surface area contributed by atoms with Gasteiger partial charge in [-0.15, -0.1) is 0 Å². The number of nitrogens with one attached hydrogen (secondary N) is 2. The molecular formula is C26H26N2O4. The molecule has 0 fully saturated rings. The number of carbonyl (C=O) groups excluding carboxylic acids is 2. The minimum absolute atomic E-state index is 0.285. The number of hydrogen-bond donors (Lipinski definition) is 2. The number of allylic oxidation sites excluding steroid dienone is 1. The highest BCUT2D eigenvalue weighted by Gasteiger charge is 2.56. The van der Waals surface area contributed by atoms with Crippen LogP contribution in [0, 0.1) is 0 Å². The molecule has 32 heavy (non-hydrogen) atoms. The number of rotatable bonds is 4. The van der Waals surface area contributed by atoms with E-state index in [1.807, 2.05) is 49.4 Å². The van der Waals surface area contributed by atoms with Gasteiger partial charge in [0, 0.05) is 34.1 Å². The van der Waals surface area contributed by atoms with Gasteiger partial charge in [-0.05, 0) is 49.9 Å². The van der Waals surface area contributed by atoms with Crippen molar-refractivity contribution in [3.05, 3.63) is 77.1 Å². The van der Waals surface area contributed by atoms with Crippen LogP contribution in [-0.2, 0) is 30.9 Å². The molecule has 0 radical (unpaired) electrons. The van der Waals surface area contributed by atoms with Gasteiger partial charge in [-0.25, -0.2) is 4.79 Å². The predicted molar refractivity (Wildman–Crippen MR) is 122 cm³/mol. The molecule has 2 aliphatic rings. The van der Waals surface area contributed by atoms with Gasteiger partial charge in [-0.2, -0.15) is 0 Å². The maximum absolute atomic E-state index is 13.6. The minimum atomic E-state index is -0.747. The zero-order chi connectivity index (χ0) is 22.3. The Morgan fingerprint density at radius 3 is 2.62 bits per heavy atom. The predicted octanol–water partition coefficient (Wildman–Crippen LogP) is 4.57. The smallest absolute Gasteiger partial charge is 0.332 e. The van der Waals surface area contributed by atoms with Crippen LogP contribution in [0.4, 0.5) is 5.69 Å². The van der Waals surface area contributed by atoms with E-state index in [9.17, 15) is 9.59 Å². The van der Waals surface area contributed by atoms with Crippen LogP contribution in [0.5, 0.6) is 0 Å². The Hall–Kier alpha value is -3.54. The van der Waals surface area contributed by atoms with E-state index in [1.54, 1.807) is 6.92 Å². The fourth-order valence-electron chi connectivity index (χ4n) is 5.42. The number of para-hydroxylation sites is 2. The lowest BCUT2D eigenvalue weighted by Gasteiger charge is -2.41. The molecule has 5 rings (SSSR count). The average molecular weight is 431 g/mol. The summed E-state index contributed by atoms with van der Waals surface area (Å²) in [5.74, 6) is -1.34. The van der Waals surface area contributed by atoms with Crippen LogP contribution in [0.1, 0.15) is 43.0 Å². The van der Waals surface area contributed by atoms with Crippen molar-refractivity contribution < 1.29 is 19.1 Å². The molecule has 2 aromatic carbocycles. The first-order valence-corrected chi connectivity index (χ1v) is 11.1. The van der Waals surface area contributed by atoms with Crippen molar-refractivity contribution in [2.45, 2.75) is 38.0 Å². The molecule has 2 atom stereocenters. The Labute approximate surface area is 186 Å². The molecule has 0 amide bonds. The maximum Gasteiger partial charge on any atom is 0.332 e. The summed E-state index contributed by atoms with van der Waals surface area (Å²) in [7, 11) is 0. The van der Waals surface area contributed by atoms with Crippen LogP contribution >= 0.6 is 0 Å². The number of aryl methyl sites for hydroxylation is 1. The number of hydrogen-bond acceptors (Lipinski definition) is 5. The van der Waals surface area contributed by atoms with Crippen LogP contribution in [0.3, 0.4) is 0 Å². The summed E-state index contributed by atoms with van der Waals surface area (Å²) in [5, 5.41) is 4.54. The number of H-pyrrole nitrogens is 1. The van der Waals surface area contributed by atoms with E-state index in [0.717, 1.165) is 39.8 Å². The molecule has 1 aromatic heterocycles. The number of carbonyl (C=O) groups is 2. The van der Waals surface area contributed by atoms with Gasteiger partial charge in [0.1, 0.15) is 5.92 Å². The van der Waals surface area contributed by atoms with Gasteiger partial charge in [0.25, 0.3) is 0 Å². The van der Waals surface area contributed by atoms with Crippen molar-refractivity contribution in [2.24, 2.45) is 0 Å². The number of anilines is 1. The second-order valence-corrected chi connectivity index (χ2v) is 8.20. The van der Waals surface area contributed by atoms with Crippen LogP contribution in [-0.4, -0.2) is 30.1 Å². The van der Waals surface area contributed by atoms with Gasteiger partial charge in [0.2, 0.25) is 0 Å². The van der Waals surface area contributed by atoms with Crippen LogP contribution in [0.25, 0.3) is 10.9 Å². The van der Waals surface area contributed by atoms with E-state index in [4.69, 9.17) is 9.47 Å². The SMILES string of the molecule is CCOC(=O)/C=C1\Nc2ccccc2C12CCc1c([nH]c3ccccc13)C2C(=O)OCC. The number of benzene rings is 2. The van der Waals surface area contributed by atoms with Gasteiger partial charge < -0.3 is 19.8 Å². The summed E-state index contributed by atoms with van der Waals surface area (Å²) in [5.41, 5.74) is 4.84. The first-order valence-electron chi connectivity index (χ1n) is 11.1. The Bertz CT molecular complexity index is 1240. The summed E-state index contributed by atoms with van der Waals surface area (Å²) in [6.45, 7) is 4.17. The lowest BCUT2D eigenvalue weighted by Crippen LogP contribution is -2.43. The van der Waals surface area contributed by atoms with E-state index in [2.05, 4.69) is 16.4 Å². The second-order valence-electron chi connectivity index (χ2n) is 8.20. The molecule has 2 N–H and O–H groups in total. The highest BCUT2D eigenvalue weighted by molar-refractivity contribution is 5.93. The van der Waals surface area contributed by atoms with Crippen molar-refractivity contribution in [2.75, 3.05) is 18.5 Å². The van der Waals surface area contributed by atoms with Crippen molar-refractivity contribution in [1.29, 1.82) is 0 Å². The quantitative estimate of drug-likeness (QED) is 0.468. The molecule has 1 aliphatic heterocycles. The maximum atomic E-state index is 13.6. The first-order chi connectivity index (χ1) is 15.6. The monoisotopic (exact) mass is 430 g/mol. The molecular weight excluding hydrogens is 404 g/mol. The van der Waals surface area contributed by atoms with Gasteiger partial charge in [-0.3, -0.25) is 4.79 Å². The third kappa shape index (κ3) is 2.93. The fraction of sp³-hybridized carbons (Fsp3) is 0.308. The number of aromatic nitrogens is 1. The average Bonchev–Trinajstić information content (AvgIpc) is 3.30. The summed E-state index contributed by atoms with van der Waals surface area (Å²) in [6, 6.07) is 16.0. The molecule has 1 spiro atoms. The molecule has 164 valence electrons. The Kier molecular flexibility index (Phi) is 5.00. The van der Waals surface area contributed by atoms with Crippen LogP contribution in [0.2, 0.25) is 0 Å². The third-order valence-electron chi connectivity index (χ3n) is 6.63. The largest absolute Gasteiger partial charge is 0.465 e. The Morgan fingerprint density at radius 1 is 1.06 bits per heavy atom. The number of fused-ring (bicyclic) bond motifs is 5. The van der Waals surface area contributed by atoms with Crippen molar-refractivity contribution in [3.63, 3.8) is 0 Å². The van der Waals surface area contributed by atoms with Gasteiger partial charge in [0.05, 0.1) is 18.6 Å². The Morgan fingerprint density at radius 2 is 1.81 bits per heavy atom. The number of ether oxygens (including phenoxy) is 2. The number of esters is 2. The lowest BCUT2D eigenvalue weighted by molar-refractivity contribution is -0.147. The molecule has 2 unspecified atom stereocenters. The minimum Gasteiger partial charge on any atom is -0.465 e. The zero-order valence-electron chi connectivity index (χ0n) is 18.2. The standard InChI is InChI=1S/C26H26N2O4/c1-3-31-22(29)15-21-26(18-10-6-8-12-20(18)27-21)14-13-17-16-9-5-7-11-19(16)28-24(17)23(26)25(30)32-4-2/h5-12,15,23,27-28H,3-4,13-14H2,1-2H3/b21-15-. The van der Waals surface area contributed by atoms with Crippen LogP contribution < -0.4 is 5.32 Å². The summed E-state index contributed by atoms with van der Waals surface area (Å²) >= 11 is 0. The third-order valence-corrected chi connectivity index (χ3v) is 6.63. The molecule has 6 nitrogen and oxygen atoms in total. The molecule has 0 saturated carbocycles. The van der Waals surface area contributed by atoms with Gasteiger partial charge in [0.15, 0.2) is 0 Å². The van der Waals surface area contributed by atoms with Crippen molar-refractivity contribution in [3.8, 4) is 0 Å². The lowest BCUT2D eigenvalue weighted by atomic mass is 9.61. The number of aromatic amines is 1. The molecule has 2 heterocycles. The first kappa shape index (κ1) is 20.4. The van der Waals surface area contributed by atoms with Crippen molar-refractivity contribution in [1.82, 2.24) is 4.98 Å². The van der Waals surface area contributed by atoms with Crippen molar-refractivity contribution >= 4 is 28.5 Å². The summed E-state index contributed by atoms with van der Waals surface area (Å²) in [6.07, 6.45) is 2.94. The van der Waals surface area contributed by atoms with Gasteiger partial charge >= 0.3 is 11.9 Å². The highest BCUT2D eigenvalue weighted by atomic mass is 16.5. The van der Waals surface area contributed by atoms with E-state index >= 15 is 0 Å². The molecule has 1 aliphatic carbocycles. The summed E-state index contributed by atoms with van der Waals surface area (Å²) < 4.78 is 10.8. The van der Waals surface area contributed by atoms with E-state index in [1.165, 1.54) is 6.08 Å². The normalized spacial score (nSPS) is 22.4. The highest BCUT2D eigenvalue weighted by Crippen LogP contribution is 2.58. The summed E-state index contributed by atoms with van der Waals surface area (Å²) in [4.78, 5) is 29.6. The molecule has 0 bridgehead atoms. The van der Waals surface area contributed by atoms with Crippen LogP contribution in [0.15, 0.2) is 60.3 Å².